The molecule has 0 saturated heterocycles. The number of hydrogen-bond acceptors (Lipinski definition) is 4. The maximum Gasteiger partial charge on any atom is 0.159 e. The summed E-state index contributed by atoms with van der Waals surface area (Å²) in [6.07, 6.45) is 0. The van der Waals surface area contributed by atoms with Gasteiger partial charge in [-0.3, -0.25) is 4.79 Å². The van der Waals surface area contributed by atoms with Gasteiger partial charge in [0, 0.05) is 17.7 Å². The van der Waals surface area contributed by atoms with Gasteiger partial charge in [0.15, 0.2) is 5.78 Å². The second-order valence-electron chi connectivity index (χ2n) is 5.35. The highest BCUT2D eigenvalue weighted by molar-refractivity contribution is 5.94. The molecule has 0 unspecified atom stereocenters. The Bertz CT molecular complexity index is 713. The Labute approximate surface area is 130 Å². The molecule has 0 bridgehead atoms. The van der Waals surface area contributed by atoms with E-state index in [0.29, 0.717) is 29.2 Å². The van der Waals surface area contributed by atoms with Gasteiger partial charge in [-0.15, -0.1) is 0 Å². The van der Waals surface area contributed by atoms with E-state index in [4.69, 9.17) is 10.00 Å². The molecule has 112 valence electrons. The van der Waals surface area contributed by atoms with Crippen molar-refractivity contribution in [3.8, 4) is 17.6 Å². The first-order valence-corrected chi connectivity index (χ1v) is 6.96. The fourth-order valence-electron chi connectivity index (χ4n) is 2.09. The lowest BCUT2D eigenvalue weighted by Gasteiger charge is -2.16. The van der Waals surface area contributed by atoms with Gasteiger partial charge in [0.25, 0.3) is 0 Å². The monoisotopic (exact) mass is 294 g/mol. The zero-order valence-corrected chi connectivity index (χ0v) is 13.0. The molecule has 0 saturated carbocycles. The van der Waals surface area contributed by atoms with Crippen LogP contribution in [0.3, 0.4) is 0 Å². The minimum Gasteiger partial charge on any atom is -0.457 e. The molecule has 0 aliphatic heterocycles. The highest BCUT2D eigenvalue weighted by Crippen LogP contribution is 2.27. The molecule has 0 heterocycles. The number of benzene rings is 2. The third-order valence-electron chi connectivity index (χ3n) is 3.16. The first-order chi connectivity index (χ1) is 10.5. The van der Waals surface area contributed by atoms with Crippen LogP contribution in [0.1, 0.15) is 28.4 Å². The second kappa shape index (κ2) is 6.88. The van der Waals surface area contributed by atoms with Crippen LogP contribution in [-0.4, -0.2) is 24.8 Å². The summed E-state index contributed by atoms with van der Waals surface area (Å²) in [5.74, 6) is 1.41. The Kier molecular flexibility index (Phi) is 4.92. The number of nitriles is 1. The standard InChI is InChI=1S/C18H18N2O2/c1-13(21)15-6-9-18(16(10-15)12-20(2)3)22-17-7-4-14(11-19)5-8-17/h4-10H,12H2,1-3H3. The number of nitrogens with zero attached hydrogens (tertiary/aromatic N) is 2. The lowest BCUT2D eigenvalue weighted by atomic mass is 10.1. The average Bonchev–Trinajstić information content (AvgIpc) is 2.49. The van der Waals surface area contributed by atoms with E-state index in [1.807, 2.05) is 31.1 Å². The topological polar surface area (TPSA) is 53.3 Å². The molecule has 4 heteroatoms. The highest BCUT2D eigenvalue weighted by Gasteiger charge is 2.10. The third kappa shape index (κ3) is 3.94. The molecule has 4 nitrogen and oxygen atoms in total. The summed E-state index contributed by atoms with van der Waals surface area (Å²) in [5, 5.41) is 8.82. The smallest absolute Gasteiger partial charge is 0.159 e. The number of hydrogen-bond donors (Lipinski definition) is 0. The summed E-state index contributed by atoms with van der Waals surface area (Å²) in [6, 6.07) is 14.5. The van der Waals surface area contributed by atoms with Crippen molar-refractivity contribution in [2.45, 2.75) is 13.5 Å². The number of carbonyl (C=O) groups excluding carboxylic acids is 1. The molecule has 2 aromatic rings. The van der Waals surface area contributed by atoms with Crippen LogP contribution in [-0.2, 0) is 6.54 Å². The predicted octanol–water partition coefficient (Wildman–Crippen LogP) is 3.61. The maximum absolute atomic E-state index is 11.5. The summed E-state index contributed by atoms with van der Waals surface area (Å²) in [6.45, 7) is 2.22. The molecule has 0 N–H and O–H groups in total. The van der Waals surface area contributed by atoms with Gasteiger partial charge in [0.05, 0.1) is 11.6 Å². The van der Waals surface area contributed by atoms with Crippen molar-refractivity contribution in [3.05, 3.63) is 59.2 Å². The molecule has 0 radical (unpaired) electrons. The fraction of sp³-hybridized carbons (Fsp3) is 0.222. The van der Waals surface area contributed by atoms with Gasteiger partial charge >= 0.3 is 0 Å². The average molecular weight is 294 g/mol. The molecule has 2 aromatic carbocycles. The SMILES string of the molecule is CC(=O)c1ccc(Oc2ccc(C#N)cc2)c(CN(C)C)c1. The zero-order valence-electron chi connectivity index (χ0n) is 13.0. The molecule has 0 aliphatic carbocycles. The van der Waals surface area contributed by atoms with Gasteiger partial charge in [-0.05, 0) is 63.5 Å². The van der Waals surface area contributed by atoms with Crippen LogP contribution in [0.15, 0.2) is 42.5 Å². The molecule has 2 rings (SSSR count). The Morgan fingerprint density at radius 2 is 1.86 bits per heavy atom. The van der Waals surface area contributed by atoms with Gasteiger partial charge in [-0.25, -0.2) is 0 Å². The van der Waals surface area contributed by atoms with E-state index in [-0.39, 0.29) is 5.78 Å². The molecule has 22 heavy (non-hydrogen) atoms. The summed E-state index contributed by atoms with van der Waals surface area (Å²) in [4.78, 5) is 13.6. The van der Waals surface area contributed by atoms with Crippen molar-refractivity contribution in [2.75, 3.05) is 14.1 Å². The van der Waals surface area contributed by atoms with E-state index in [2.05, 4.69) is 6.07 Å². The molecule has 0 amide bonds. The number of rotatable bonds is 5. The van der Waals surface area contributed by atoms with Gasteiger partial charge in [0.2, 0.25) is 0 Å². The van der Waals surface area contributed by atoms with Crippen LogP contribution in [0, 0.1) is 11.3 Å². The molecule has 0 fully saturated rings. The first-order valence-electron chi connectivity index (χ1n) is 6.96. The zero-order chi connectivity index (χ0) is 16.1. The Balaban J connectivity index is 2.32. The van der Waals surface area contributed by atoms with Gasteiger partial charge in [0.1, 0.15) is 11.5 Å². The van der Waals surface area contributed by atoms with Crippen LogP contribution in [0.25, 0.3) is 0 Å². The molecular formula is C18H18N2O2. The highest BCUT2D eigenvalue weighted by atomic mass is 16.5. The fourth-order valence-corrected chi connectivity index (χ4v) is 2.09. The van der Waals surface area contributed by atoms with Gasteiger partial charge < -0.3 is 9.64 Å². The van der Waals surface area contributed by atoms with Crippen molar-refractivity contribution < 1.29 is 9.53 Å². The van der Waals surface area contributed by atoms with Crippen LogP contribution >= 0.6 is 0 Å². The second-order valence-corrected chi connectivity index (χ2v) is 5.35. The number of ketones is 1. The normalized spacial score (nSPS) is 10.3. The van der Waals surface area contributed by atoms with Crippen molar-refractivity contribution in [1.29, 1.82) is 5.26 Å². The summed E-state index contributed by atoms with van der Waals surface area (Å²) < 4.78 is 5.90. The summed E-state index contributed by atoms with van der Waals surface area (Å²) in [5.41, 5.74) is 2.21. The lowest BCUT2D eigenvalue weighted by Crippen LogP contribution is -2.12. The van der Waals surface area contributed by atoms with Crippen molar-refractivity contribution in [2.24, 2.45) is 0 Å². The van der Waals surface area contributed by atoms with Crippen molar-refractivity contribution in [3.63, 3.8) is 0 Å². The van der Waals surface area contributed by atoms with E-state index in [9.17, 15) is 4.79 Å². The van der Waals surface area contributed by atoms with E-state index in [1.165, 1.54) is 0 Å². The molecular weight excluding hydrogens is 276 g/mol. The summed E-state index contributed by atoms with van der Waals surface area (Å²) in [7, 11) is 3.93. The van der Waals surface area contributed by atoms with E-state index < -0.39 is 0 Å². The number of carbonyl (C=O) groups is 1. The third-order valence-corrected chi connectivity index (χ3v) is 3.16. The van der Waals surface area contributed by atoms with Crippen molar-refractivity contribution in [1.82, 2.24) is 4.90 Å². The van der Waals surface area contributed by atoms with Gasteiger partial charge in [-0.1, -0.05) is 0 Å². The van der Waals surface area contributed by atoms with E-state index >= 15 is 0 Å². The van der Waals surface area contributed by atoms with Crippen LogP contribution in [0.2, 0.25) is 0 Å². The Hall–Kier alpha value is -2.64. The molecule has 0 atom stereocenters. The van der Waals surface area contributed by atoms with Crippen LogP contribution in [0.4, 0.5) is 0 Å². The minimum atomic E-state index is 0.0323. The quantitative estimate of drug-likeness (QED) is 0.790. The minimum absolute atomic E-state index is 0.0323. The van der Waals surface area contributed by atoms with Gasteiger partial charge in [-0.2, -0.15) is 5.26 Å². The lowest BCUT2D eigenvalue weighted by molar-refractivity contribution is 0.101. The Morgan fingerprint density at radius 3 is 2.41 bits per heavy atom. The largest absolute Gasteiger partial charge is 0.457 e. The maximum atomic E-state index is 11.5. The number of Topliss-reactive ketones (excluding diaryl/α,β-unsaturated/α-hetero) is 1. The molecule has 0 aromatic heterocycles. The van der Waals surface area contributed by atoms with E-state index in [0.717, 1.165) is 5.56 Å². The first kappa shape index (κ1) is 15.7. The van der Waals surface area contributed by atoms with E-state index in [1.54, 1.807) is 37.3 Å². The van der Waals surface area contributed by atoms with Crippen molar-refractivity contribution >= 4 is 5.78 Å². The molecule has 0 aliphatic rings. The predicted molar refractivity (Wildman–Crippen MR) is 85.1 cm³/mol. The van der Waals surface area contributed by atoms with Crippen LogP contribution in [0.5, 0.6) is 11.5 Å². The Morgan fingerprint density at radius 1 is 1.18 bits per heavy atom. The summed E-state index contributed by atoms with van der Waals surface area (Å²) >= 11 is 0. The van der Waals surface area contributed by atoms with Crippen LogP contribution < -0.4 is 4.74 Å². The molecule has 0 spiro atoms. The number of ether oxygens (including phenoxy) is 1.